The van der Waals surface area contributed by atoms with Crippen molar-refractivity contribution in [2.75, 3.05) is 18.4 Å². The molecule has 0 bridgehead atoms. The van der Waals surface area contributed by atoms with Crippen LogP contribution in [0.2, 0.25) is 0 Å². The van der Waals surface area contributed by atoms with Crippen LogP contribution in [-0.2, 0) is 4.79 Å². The topological polar surface area (TPSA) is 96.0 Å². The molecule has 20 heavy (non-hydrogen) atoms. The van der Waals surface area contributed by atoms with E-state index in [1.54, 1.807) is 6.92 Å². The predicted molar refractivity (Wildman–Crippen MR) is 76.4 cm³/mol. The molecule has 1 atom stereocenters. The third-order valence-corrected chi connectivity index (χ3v) is 2.52. The first-order valence-corrected chi connectivity index (χ1v) is 6.73. The largest absolute Gasteiger partial charge is 0.369 e. The number of hydrogen-bond acceptors (Lipinski definition) is 5. The average Bonchev–Trinajstić information content (AvgIpc) is 2.45. The summed E-state index contributed by atoms with van der Waals surface area (Å²) < 4.78 is 0. The number of anilines is 1. The molecule has 0 radical (unpaired) electrons. The molecular weight excluding hydrogens is 258 g/mol. The molecule has 1 aromatic heterocycles. The molecule has 0 aliphatic carbocycles. The minimum Gasteiger partial charge on any atom is -0.369 e. The van der Waals surface area contributed by atoms with Gasteiger partial charge in [-0.3, -0.25) is 14.6 Å². The van der Waals surface area contributed by atoms with E-state index >= 15 is 0 Å². The number of nitrogens with zero attached hydrogens (tertiary/aromatic N) is 2. The molecular formula is C13H21N5O2. The lowest BCUT2D eigenvalue weighted by Crippen LogP contribution is -2.45. The van der Waals surface area contributed by atoms with E-state index in [4.69, 9.17) is 0 Å². The van der Waals surface area contributed by atoms with Gasteiger partial charge in [-0.25, -0.2) is 4.98 Å². The summed E-state index contributed by atoms with van der Waals surface area (Å²) in [6.07, 6.45) is 3.76. The summed E-state index contributed by atoms with van der Waals surface area (Å²) in [4.78, 5) is 31.7. The molecule has 0 saturated heterocycles. The first-order chi connectivity index (χ1) is 9.58. The smallest absolute Gasteiger partial charge is 0.272 e. The summed E-state index contributed by atoms with van der Waals surface area (Å²) >= 11 is 0. The third-order valence-electron chi connectivity index (χ3n) is 2.52. The van der Waals surface area contributed by atoms with E-state index in [9.17, 15) is 9.59 Å². The van der Waals surface area contributed by atoms with Crippen LogP contribution in [0.15, 0.2) is 12.4 Å². The number of carbonyl (C=O) groups excluding carboxylic acids is 2. The first-order valence-electron chi connectivity index (χ1n) is 6.73. The molecule has 7 heteroatoms. The molecule has 1 rings (SSSR count). The van der Waals surface area contributed by atoms with E-state index in [0.29, 0.717) is 18.9 Å². The van der Waals surface area contributed by atoms with E-state index in [2.05, 4.69) is 25.9 Å². The van der Waals surface area contributed by atoms with Gasteiger partial charge < -0.3 is 16.0 Å². The van der Waals surface area contributed by atoms with Crippen molar-refractivity contribution in [3.8, 4) is 0 Å². The second-order valence-corrected chi connectivity index (χ2v) is 4.31. The number of hydrogen-bond donors (Lipinski definition) is 3. The first kappa shape index (κ1) is 15.9. The van der Waals surface area contributed by atoms with Gasteiger partial charge in [0.15, 0.2) is 0 Å². The summed E-state index contributed by atoms with van der Waals surface area (Å²) in [6.45, 7) is 6.80. The van der Waals surface area contributed by atoms with Crippen LogP contribution in [0, 0.1) is 0 Å². The van der Waals surface area contributed by atoms with E-state index in [-0.39, 0.29) is 11.6 Å². The fraction of sp³-hybridized carbons (Fsp3) is 0.538. The van der Waals surface area contributed by atoms with Gasteiger partial charge in [-0.05, 0) is 20.3 Å². The Balaban J connectivity index is 2.61. The van der Waals surface area contributed by atoms with E-state index in [1.807, 2.05) is 13.8 Å². The van der Waals surface area contributed by atoms with Crippen LogP contribution < -0.4 is 16.0 Å². The number of carbonyl (C=O) groups is 2. The predicted octanol–water partition coefficient (Wildman–Crippen LogP) is 0.553. The van der Waals surface area contributed by atoms with Crippen molar-refractivity contribution in [1.29, 1.82) is 0 Å². The van der Waals surface area contributed by atoms with Crippen LogP contribution in [-0.4, -0.2) is 40.9 Å². The standard InChI is InChI=1S/C13H21N5O2/c1-4-6-16-12(19)9(3)17-13(20)10-7-14-8-11(18-10)15-5-2/h7-9H,4-6H2,1-3H3,(H,15,18)(H,16,19)(H,17,20). The molecule has 0 saturated carbocycles. The van der Waals surface area contributed by atoms with Crippen LogP contribution in [0.3, 0.4) is 0 Å². The molecule has 0 aliphatic heterocycles. The second kappa shape index (κ2) is 8.08. The van der Waals surface area contributed by atoms with Gasteiger partial charge in [0.2, 0.25) is 5.91 Å². The van der Waals surface area contributed by atoms with Crippen molar-refractivity contribution in [3.05, 3.63) is 18.1 Å². The fourth-order valence-electron chi connectivity index (χ4n) is 1.48. The van der Waals surface area contributed by atoms with Crippen molar-refractivity contribution in [2.45, 2.75) is 33.2 Å². The third kappa shape index (κ3) is 4.83. The fourth-order valence-corrected chi connectivity index (χ4v) is 1.48. The minimum absolute atomic E-state index is 0.179. The summed E-state index contributed by atoms with van der Waals surface area (Å²) in [6, 6.07) is -0.612. The molecule has 0 fully saturated rings. The Morgan fingerprint density at radius 1 is 1.30 bits per heavy atom. The highest BCUT2D eigenvalue weighted by atomic mass is 16.2. The van der Waals surface area contributed by atoms with Crippen LogP contribution >= 0.6 is 0 Å². The van der Waals surface area contributed by atoms with Gasteiger partial charge in [0, 0.05) is 13.1 Å². The molecule has 7 nitrogen and oxygen atoms in total. The number of rotatable bonds is 7. The van der Waals surface area contributed by atoms with Crippen molar-refractivity contribution >= 4 is 17.6 Å². The lowest BCUT2D eigenvalue weighted by Gasteiger charge is -2.13. The lowest BCUT2D eigenvalue weighted by molar-refractivity contribution is -0.122. The molecule has 1 aromatic rings. The summed E-state index contributed by atoms with van der Waals surface area (Å²) in [5.74, 6) is -0.101. The van der Waals surface area contributed by atoms with Gasteiger partial charge in [-0.2, -0.15) is 0 Å². The maximum absolute atomic E-state index is 12.0. The van der Waals surface area contributed by atoms with Crippen LogP contribution in [0.4, 0.5) is 5.82 Å². The second-order valence-electron chi connectivity index (χ2n) is 4.31. The number of aromatic nitrogens is 2. The molecule has 0 spiro atoms. The minimum atomic E-state index is -0.612. The molecule has 3 N–H and O–H groups in total. The van der Waals surface area contributed by atoms with Crippen molar-refractivity contribution in [1.82, 2.24) is 20.6 Å². The monoisotopic (exact) mass is 279 g/mol. The Bertz CT molecular complexity index is 464. The van der Waals surface area contributed by atoms with Gasteiger partial charge in [0.1, 0.15) is 17.6 Å². The summed E-state index contributed by atoms with van der Waals surface area (Å²) in [7, 11) is 0. The van der Waals surface area contributed by atoms with Crippen molar-refractivity contribution in [3.63, 3.8) is 0 Å². The zero-order chi connectivity index (χ0) is 15.0. The Kier molecular flexibility index (Phi) is 6.42. The SMILES string of the molecule is CCCNC(=O)C(C)NC(=O)c1cncc(NCC)n1. The Morgan fingerprint density at radius 2 is 2.05 bits per heavy atom. The number of nitrogens with one attached hydrogen (secondary N) is 3. The van der Waals surface area contributed by atoms with E-state index < -0.39 is 11.9 Å². The maximum Gasteiger partial charge on any atom is 0.272 e. The van der Waals surface area contributed by atoms with Gasteiger partial charge in [0.25, 0.3) is 5.91 Å². The van der Waals surface area contributed by atoms with Crippen LogP contribution in [0.25, 0.3) is 0 Å². The van der Waals surface area contributed by atoms with Crippen molar-refractivity contribution in [2.24, 2.45) is 0 Å². The van der Waals surface area contributed by atoms with E-state index in [1.165, 1.54) is 12.4 Å². The van der Waals surface area contributed by atoms with Gasteiger partial charge in [-0.15, -0.1) is 0 Å². The quantitative estimate of drug-likeness (QED) is 0.677. The highest BCUT2D eigenvalue weighted by Crippen LogP contribution is 2.02. The van der Waals surface area contributed by atoms with Gasteiger partial charge in [-0.1, -0.05) is 6.92 Å². The maximum atomic E-state index is 12.0. The van der Waals surface area contributed by atoms with Gasteiger partial charge in [0.05, 0.1) is 12.4 Å². The Morgan fingerprint density at radius 3 is 2.70 bits per heavy atom. The Hall–Kier alpha value is -2.18. The molecule has 1 heterocycles. The van der Waals surface area contributed by atoms with Gasteiger partial charge >= 0.3 is 0 Å². The summed E-state index contributed by atoms with van der Waals surface area (Å²) in [5.41, 5.74) is 0.179. The zero-order valence-corrected chi connectivity index (χ0v) is 12.1. The number of amides is 2. The van der Waals surface area contributed by atoms with Crippen molar-refractivity contribution < 1.29 is 9.59 Å². The van der Waals surface area contributed by atoms with Crippen LogP contribution in [0.1, 0.15) is 37.7 Å². The van der Waals surface area contributed by atoms with Crippen LogP contribution in [0.5, 0.6) is 0 Å². The molecule has 2 amide bonds. The lowest BCUT2D eigenvalue weighted by atomic mass is 10.3. The average molecular weight is 279 g/mol. The highest BCUT2D eigenvalue weighted by Gasteiger charge is 2.17. The Labute approximate surface area is 118 Å². The zero-order valence-electron chi connectivity index (χ0n) is 12.1. The normalized spacial score (nSPS) is 11.6. The molecule has 0 aliphatic rings. The van der Waals surface area contributed by atoms with E-state index in [0.717, 1.165) is 6.42 Å². The molecule has 110 valence electrons. The highest BCUT2D eigenvalue weighted by molar-refractivity contribution is 5.95. The molecule has 0 aromatic carbocycles. The molecule has 1 unspecified atom stereocenters. The summed E-state index contributed by atoms with van der Waals surface area (Å²) in [5, 5.41) is 8.29.